The van der Waals surface area contributed by atoms with E-state index in [2.05, 4.69) is 10.0 Å². The molecule has 0 fully saturated rings. The molecule has 0 heterocycles. The Bertz CT molecular complexity index is 780. The highest BCUT2D eigenvalue weighted by Crippen LogP contribution is 2.21. The SMILES string of the molecule is CNCc1ccccc1NS(=O)(=O)c1ccccc1C#N. The Morgan fingerprint density at radius 2 is 1.76 bits per heavy atom. The fourth-order valence-corrected chi connectivity index (χ4v) is 3.22. The van der Waals surface area contributed by atoms with Crippen LogP contribution < -0.4 is 10.0 Å². The molecule has 2 aromatic carbocycles. The van der Waals surface area contributed by atoms with Crippen molar-refractivity contribution < 1.29 is 8.42 Å². The molecule has 2 N–H and O–H groups in total. The first kappa shape index (κ1) is 15.0. The summed E-state index contributed by atoms with van der Waals surface area (Å²) in [4.78, 5) is -0.0215. The molecule has 6 heteroatoms. The van der Waals surface area contributed by atoms with E-state index in [4.69, 9.17) is 5.26 Å². The number of hydrogen-bond acceptors (Lipinski definition) is 4. The van der Waals surface area contributed by atoms with Crippen LogP contribution in [0.5, 0.6) is 0 Å². The van der Waals surface area contributed by atoms with Crippen LogP contribution in [0.25, 0.3) is 0 Å². The average Bonchev–Trinajstić information content (AvgIpc) is 2.49. The third-order valence-corrected chi connectivity index (χ3v) is 4.35. The molecule has 0 saturated carbocycles. The van der Waals surface area contributed by atoms with Crippen molar-refractivity contribution in [3.63, 3.8) is 0 Å². The van der Waals surface area contributed by atoms with Crippen LogP contribution >= 0.6 is 0 Å². The molecule has 2 aromatic rings. The van der Waals surface area contributed by atoms with Crippen LogP contribution in [0, 0.1) is 11.3 Å². The molecule has 0 atom stereocenters. The normalized spacial score (nSPS) is 10.9. The maximum Gasteiger partial charge on any atom is 0.263 e. The Balaban J connectivity index is 2.41. The van der Waals surface area contributed by atoms with Gasteiger partial charge in [0.15, 0.2) is 0 Å². The fourth-order valence-electron chi connectivity index (χ4n) is 1.96. The highest BCUT2D eigenvalue weighted by molar-refractivity contribution is 7.92. The fraction of sp³-hybridized carbons (Fsp3) is 0.133. The van der Waals surface area contributed by atoms with E-state index < -0.39 is 10.0 Å². The molecule has 0 bridgehead atoms. The van der Waals surface area contributed by atoms with Crippen LogP contribution in [0.4, 0.5) is 5.69 Å². The summed E-state index contributed by atoms with van der Waals surface area (Å²) in [5.41, 5.74) is 1.45. The lowest BCUT2D eigenvalue weighted by molar-refractivity contribution is 0.601. The summed E-state index contributed by atoms with van der Waals surface area (Å²) in [5.74, 6) is 0. The lowest BCUT2D eigenvalue weighted by Crippen LogP contribution is -2.17. The second-order valence-corrected chi connectivity index (χ2v) is 6.05. The van der Waals surface area contributed by atoms with E-state index in [0.717, 1.165) is 5.56 Å². The largest absolute Gasteiger partial charge is 0.316 e. The quantitative estimate of drug-likeness (QED) is 0.886. The lowest BCUT2D eigenvalue weighted by atomic mass is 10.2. The molecule has 0 unspecified atom stereocenters. The topological polar surface area (TPSA) is 82.0 Å². The maximum atomic E-state index is 12.5. The molecule has 108 valence electrons. The number of nitrogens with zero attached hydrogens (tertiary/aromatic N) is 1. The molecule has 0 saturated heterocycles. The average molecular weight is 301 g/mol. The van der Waals surface area contributed by atoms with Crippen LogP contribution in [0.3, 0.4) is 0 Å². The lowest BCUT2D eigenvalue weighted by Gasteiger charge is -2.13. The van der Waals surface area contributed by atoms with Crippen LogP contribution in [-0.4, -0.2) is 15.5 Å². The monoisotopic (exact) mass is 301 g/mol. The Labute approximate surface area is 124 Å². The van der Waals surface area contributed by atoms with Crippen molar-refractivity contribution in [3.8, 4) is 6.07 Å². The summed E-state index contributed by atoms with van der Waals surface area (Å²) >= 11 is 0. The van der Waals surface area contributed by atoms with Gasteiger partial charge in [-0.15, -0.1) is 0 Å². The summed E-state index contributed by atoms with van der Waals surface area (Å²) in [5, 5.41) is 12.0. The molecule has 5 nitrogen and oxygen atoms in total. The standard InChI is InChI=1S/C15H15N3O2S/c1-17-11-13-7-2-4-8-14(13)18-21(19,20)15-9-5-3-6-12(15)10-16/h2-9,17-18H,11H2,1H3. The first-order valence-electron chi connectivity index (χ1n) is 6.33. The van der Waals surface area contributed by atoms with Crippen molar-refractivity contribution in [3.05, 3.63) is 59.7 Å². The Morgan fingerprint density at radius 1 is 1.10 bits per heavy atom. The zero-order valence-electron chi connectivity index (χ0n) is 11.5. The van der Waals surface area contributed by atoms with Crippen molar-refractivity contribution in [2.75, 3.05) is 11.8 Å². The van der Waals surface area contributed by atoms with Gasteiger partial charge in [0.05, 0.1) is 11.3 Å². The van der Waals surface area contributed by atoms with Gasteiger partial charge in [0.25, 0.3) is 10.0 Å². The van der Waals surface area contributed by atoms with Crippen molar-refractivity contribution in [2.45, 2.75) is 11.4 Å². The Kier molecular flexibility index (Phi) is 4.58. The molecule has 0 aliphatic rings. The Morgan fingerprint density at radius 3 is 2.48 bits per heavy atom. The number of anilines is 1. The minimum atomic E-state index is -3.80. The van der Waals surface area contributed by atoms with E-state index in [-0.39, 0.29) is 10.5 Å². The number of benzene rings is 2. The number of nitrogens with one attached hydrogen (secondary N) is 2. The van der Waals surface area contributed by atoms with Gasteiger partial charge in [-0.25, -0.2) is 8.42 Å². The number of sulfonamides is 1. The van der Waals surface area contributed by atoms with Gasteiger partial charge in [0, 0.05) is 6.54 Å². The van der Waals surface area contributed by atoms with E-state index in [9.17, 15) is 8.42 Å². The molecule has 2 rings (SSSR count). The third kappa shape index (κ3) is 3.40. The smallest absolute Gasteiger partial charge is 0.263 e. The van der Waals surface area contributed by atoms with Gasteiger partial charge < -0.3 is 5.32 Å². The minimum Gasteiger partial charge on any atom is -0.316 e. The highest BCUT2D eigenvalue weighted by Gasteiger charge is 2.19. The maximum absolute atomic E-state index is 12.5. The molecule has 0 spiro atoms. The summed E-state index contributed by atoms with van der Waals surface area (Å²) in [6.45, 7) is 0.540. The summed E-state index contributed by atoms with van der Waals surface area (Å²) < 4.78 is 27.5. The van der Waals surface area contributed by atoms with Gasteiger partial charge in [-0.3, -0.25) is 4.72 Å². The van der Waals surface area contributed by atoms with E-state index in [1.54, 1.807) is 31.3 Å². The Hall–Kier alpha value is -2.36. The van der Waals surface area contributed by atoms with E-state index in [0.29, 0.717) is 12.2 Å². The molecule has 0 aliphatic carbocycles. The number of rotatable bonds is 5. The number of hydrogen-bond donors (Lipinski definition) is 2. The molecule has 0 aliphatic heterocycles. The minimum absolute atomic E-state index is 0.0215. The second-order valence-electron chi connectivity index (χ2n) is 4.40. The third-order valence-electron chi connectivity index (χ3n) is 2.93. The van der Waals surface area contributed by atoms with Crippen LogP contribution in [-0.2, 0) is 16.6 Å². The molecule has 0 radical (unpaired) electrons. The number of para-hydroxylation sites is 1. The first-order chi connectivity index (χ1) is 10.1. The van der Waals surface area contributed by atoms with Crippen LogP contribution in [0.2, 0.25) is 0 Å². The van der Waals surface area contributed by atoms with Crippen molar-refractivity contribution in [1.29, 1.82) is 5.26 Å². The zero-order valence-corrected chi connectivity index (χ0v) is 12.3. The molecule has 0 amide bonds. The highest BCUT2D eigenvalue weighted by atomic mass is 32.2. The molecule has 21 heavy (non-hydrogen) atoms. The predicted molar refractivity (Wildman–Crippen MR) is 81.2 cm³/mol. The van der Waals surface area contributed by atoms with Crippen LogP contribution in [0.1, 0.15) is 11.1 Å². The second kappa shape index (κ2) is 6.39. The van der Waals surface area contributed by atoms with E-state index in [1.165, 1.54) is 12.1 Å². The number of nitriles is 1. The summed E-state index contributed by atoms with van der Waals surface area (Å²) in [7, 11) is -2.01. The van der Waals surface area contributed by atoms with Gasteiger partial charge in [0.1, 0.15) is 11.0 Å². The predicted octanol–water partition coefficient (Wildman–Crippen LogP) is 2.08. The zero-order chi connectivity index (χ0) is 15.3. The van der Waals surface area contributed by atoms with Gasteiger partial charge >= 0.3 is 0 Å². The van der Waals surface area contributed by atoms with Crippen molar-refractivity contribution in [2.24, 2.45) is 0 Å². The van der Waals surface area contributed by atoms with Gasteiger partial charge in [-0.2, -0.15) is 5.26 Å². The van der Waals surface area contributed by atoms with Crippen LogP contribution in [0.15, 0.2) is 53.4 Å². The van der Waals surface area contributed by atoms with Gasteiger partial charge in [-0.05, 0) is 30.8 Å². The summed E-state index contributed by atoms with van der Waals surface area (Å²) in [6, 6.07) is 15.1. The van der Waals surface area contributed by atoms with Gasteiger partial charge in [-0.1, -0.05) is 30.3 Å². The van der Waals surface area contributed by atoms with Crippen molar-refractivity contribution >= 4 is 15.7 Å². The first-order valence-corrected chi connectivity index (χ1v) is 7.81. The summed E-state index contributed by atoms with van der Waals surface area (Å²) in [6.07, 6.45) is 0. The van der Waals surface area contributed by atoms with E-state index >= 15 is 0 Å². The van der Waals surface area contributed by atoms with Crippen molar-refractivity contribution in [1.82, 2.24) is 5.32 Å². The van der Waals surface area contributed by atoms with Gasteiger partial charge in [0.2, 0.25) is 0 Å². The molecule has 0 aromatic heterocycles. The molecular weight excluding hydrogens is 286 g/mol. The van der Waals surface area contributed by atoms with E-state index in [1.807, 2.05) is 18.2 Å². The molecular formula is C15H15N3O2S.